The predicted molar refractivity (Wildman–Crippen MR) is 155 cm³/mol. The number of carbonyl (C=O) groups is 1. The fourth-order valence-electron chi connectivity index (χ4n) is 5.01. The van der Waals surface area contributed by atoms with E-state index in [0.717, 1.165) is 25.7 Å². The Morgan fingerprint density at radius 2 is 1.53 bits per heavy atom. The van der Waals surface area contributed by atoms with Gasteiger partial charge in [-0.05, 0) is 120 Å². The average Bonchev–Trinajstić information content (AvgIpc) is 3.20. The summed E-state index contributed by atoms with van der Waals surface area (Å²) in [6, 6.07) is 0. The van der Waals surface area contributed by atoms with Crippen molar-refractivity contribution < 1.29 is 29.6 Å². The lowest BCUT2D eigenvalue weighted by Gasteiger charge is -2.37. The molecule has 220 valence electrons. The molecule has 0 radical (unpaired) electrons. The normalized spacial score (nSPS) is 24.1. The van der Waals surface area contributed by atoms with Crippen molar-refractivity contribution in [3.8, 4) is 0 Å². The maximum Gasteiger partial charge on any atom is 0.303 e. The molecule has 0 aromatic carbocycles. The molecule has 3 N–H and O–H groups in total. The van der Waals surface area contributed by atoms with E-state index in [1.165, 1.54) is 23.6 Å². The van der Waals surface area contributed by atoms with Gasteiger partial charge in [0.15, 0.2) is 0 Å². The van der Waals surface area contributed by atoms with Crippen molar-refractivity contribution in [3.63, 3.8) is 0 Å². The number of ether oxygens (including phenoxy) is 2. The van der Waals surface area contributed by atoms with Crippen LogP contribution >= 0.6 is 0 Å². The summed E-state index contributed by atoms with van der Waals surface area (Å²) in [6.45, 7) is 16.9. The molecule has 0 spiro atoms. The zero-order valence-electron chi connectivity index (χ0n) is 25.6. The lowest BCUT2D eigenvalue weighted by atomic mass is 9.84. The largest absolute Gasteiger partial charge is 0.459 e. The SMILES string of the molecule is CC(=O)OC(CCC(C)(O)C(O)CCC=C(C)CCC=C(C)CCC=C(C)C)C1(C)CCC(C(C)(C)O)O1. The van der Waals surface area contributed by atoms with Gasteiger partial charge in [-0.2, -0.15) is 0 Å². The molecule has 1 aliphatic heterocycles. The summed E-state index contributed by atoms with van der Waals surface area (Å²) in [7, 11) is 0. The molecule has 1 saturated heterocycles. The molecule has 1 fully saturated rings. The van der Waals surface area contributed by atoms with Crippen LogP contribution in [0.25, 0.3) is 0 Å². The molecule has 0 bridgehead atoms. The molecule has 1 heterocycles. The van der Waals surface area contributed by atoms with Crippen LogP contribution in [0.3, 0.4) is 0 Å². The average molecular weight is 537 g/mol. The minimum atomic E-state index is -1.32. The first kappa shape index (κ1) is 34.6. The number of aliphatic hydroxyl groups excluding tert-OH is 1. The molecular weight excluding hydrogens is 480 g/mol. The lowest BCUT2D eigenvalue weighted by Crippen LogP contribution is -2.47. The van der Waals surface area contributed by atoms with Crippen LogP contribution in [0.2, 0.25) is 0 Å². The van der Waals surface area contributed by atoms with Gasteiger partial charge in [-0.15, -0.1) is 0 Å². The standard InChI is InChI=1S/C32H56O6/c1-23(2)13-10-14-24(3)15-11-16-25(4)17-12-18-27(34)31(8,36)21-19-29(37-26(5)33)32(9)22-20-28(38-32)30(6,7)35/h13,15,17,27-29,34-36H,10-12,14,16,18-22H2,1-9H3. The predicted octanol–water partition coefficient (Wildman–Crippen LogP) is 6.72. The van der Waals surface area contributed by atoms with E-state index >= 15 is 0 Å². The van der Waals surface area contributed by atoms with Crippen molar-refractivity contribution in [1.82, 2.24) is 0 Å². The highest BCUT2D eigenvalue weighted by atomic mass is 16.6. The molecule has 0 aromatic rings. The Morgan fingerprint density at radius 3 is 2.03 bits per heavy atom. The molecule has 0 amide bonds. The Balaban J connectivity index is 2.59. The van der Waals surface area contributed by atoms with Crippen molar-refractivity contribution in [2.24, 2.45) is 0 Å². The second-order valence-corrected chi connectivity index (χ2v) is 12.7. The zero-order valence-corrected chi connectivity index (χ0v) is 25.6. The van der Waals surface area contributed by atoms with Gasteiger partial charge < -0.3 is 24.8 Å². The van der Waals surface area contributed by atoms with Crippen LogP contribution in [0, 0.1) is 0 Å². The minimum absolute atomic E-state index is 0.262. The van der Waals surface area contributed by atoms with Gasteiger partial charge in [-0.25, -0.2) is 0 Å². The van der Waals surface area contributed by atoms with E-state index in [9.17, 15) is 20.1 Å². The third-order valence-corrected chi connectivity index (χ3v) is 7.78. The summed E-state index contributed by atoms with van der Waals surface area (Å²) < 4.78 is 11.8. The molecule has 1 aliphatic rings. The second-order valence-electron chi connectivity index (χ2n) is 12.7. The van der Waals surface area contributed by atoms with Gasteiger partial charge in [0, 0.05) is 6.92 Å². The van der Waals surface area contributed by atoms with Crippen LogP contribution in [-0.2, 0) is 14.3 Å². The Morgan fingerprint density at radius 1 is 0.974 bits per heavy atom. The Kier molecular flexibility index (Phi) is 14.0. The molecule has 38 heavy (non-hydrogen) atoms. The monoisotopic (exact) mass is 536 g/mol. The lowest BCUT2D eigenvalue weighted by molar-refractivity contribution is -0.183. The molecule has 0 saturated carbocycles. The molecule has 6 heteroatoms. The fraction of sp³-hybridized carbons (Fsp3) is 0.781. The Labute approximate surface area is 232 Å². The van der Waals surface area contributed by atoms with Crippen LogP contribution in [-0.4, -0.2) is 56.4 Å². The van der Waals surface area contributed by atoms with E-state index < -0.39 is 35.0 Å². The number of allylic oxidation sites excluding steroid dienone is 6. The van der Waals surface area contributed by atoms with Gasteiger partial charge in [0.05, 0.1) is 23.4 Å². The van der Waals surface area contributed by atoms with E-state index in [4.69, 9.17) is 9.47 Å². The number of hydrogen-bond acceptors (Lipinski definition) is 6. The van der Waals surface area contributed by atoms with Crippen LogP contribution in [0.4, 0.5) is 0 Å². The van der Waals surface area contributed by atoms with Gasteiger partial charge >= 0.3 is 5.97 Å². The number of hydrogen-bond donors (Lipinski definition) is 3. The maximum absolute atomic E-state index is 11.8. The number of aliphatic hydroxyl groups is 3. The third-order valence-electron chi connectivity index (χ3n) is 7.78. The van der Waals surface area contributed by atoms with Crippen molar-refractivity contribution in [2.75, 3.05) is 0 Å². The van der Waals surface area contributed by atoms with Gasteiger partial charge in [-0.3, -0.25) is 4.79 Å². The highest BCUT2D eigenvalue weighted by Crippen LogP contribution is 2.40. The summed E-state index contributed by atoms with van der Waals surface area (Å²) in [5, 5.41) is 32.2. The fourth-order valence-corrected chi connectivity index (χ4v) is 5.01. The maximum atomic E-state index is 11.8. The van der Waals surface area contributed by atoms with E-state index in [1.54, 1.807) is 20.8 Å². The van der Waals surface area contributed by atoms with Crippen LogP contribution in [0.5, 0.6) is 0 Å². The van der Waals surface area contributed by atoms with Gasteiger partial charge in [0.25, 0.3) is 0 Å². The van der Waals surface area contributed by atoms with Gasteiger partial charge in [-0.1, -0.05) is 34.9 Å². The first-order chi connectivity index (χ1) is 17.5. The van der Waals surface area contributed by atoms with Crippen LogP contribution in [0.15, 0.2) is 34.9 Å². The summed E-state index contributed by atoms with van der Waals surface area (Å²) in [5.74, 6) is -0.412. The molecule has 1 rings (SSSR count). The Hall–Kier alpha value is -1.47. The smallest absolute Gasteiger partial charge is 0.303 e. The molecule has 5 atom stereocenters. The second kappa shape index (κ2) is 15.4. The topological polar surface area (TPSA) is 96.2 Å². The van der Waals surface area contributed by atoms with Crippen LogP contribution in [0.1, 0.15) is 127 Å². The molecule has 6 nitrogen and oxygen atoms in total. The zero-order chi connectivity index (χ0) is 29.1. The molecule has 5 unspecified atom stereocenters. The quantitative estimate of drug-likeness (QED) is 0.150. The summed E-state index contributed by atoms with van der Waals surface area (Å²) >= 11 is 0. The minimum Gasteiger partial charge on any atom is -0.459 e. The first-order valence-corrected chi connectivity index (χ1v) is 14.4. The Bertz CT molecular complexity index is 827. The number of rotatable bonds is 16. The molecular formula is C32H56O6. The summed E-state index contributed by atoms with van der Waals surface area (Å²) in [4.78, 5) is 11.8. The number of esters is 1. The highest BCUT2D eigenvalue weighted by molar-refractivity contribution is 5.66. The third kappa shape index (κ3) is 12.6. The van der Waals surface area contributed by atoms with E-state index in [-0.39, 0.29) is 12.5 Å². The van der Waals surface area contributed by atoms with Crippen molar-refractivity contribution in [1.29, 1.82) is 0 Å². The van der Waals surface area contributed by atoms with Gasteiger partial charge in [0.2, 0.25) is 0 Å². The number of carbonyl (C=O) groups excluding carboxylic acids is 1. The first-order valence-electron chi connectivity index (χ1n) is 14.4. The van der Waals surface area contributed by atoms with E-state index in [1.807, 2.05) is 6.92 Å². The van der Waals surface area contributed by atoms with E-state index in [2.05, 4.69) is 45.9 Å². The van der Waals surface area contributed by atoms with Gasteiger partial charge in [0.1, 0.15) is 11.7 Å². The van der Waals surface area contributed by atoms with Crippen molar-refractivity contribution >= 4 is 5.97 Å². The molecule has 0 aliphatic carbocycles. The molecule has 0 aromatic heterocycles. The van der Waals surface area contributed by atoms with Crippen molar-refractivity contribution in [2.45, 2.75) is 162 Å². The van der Waals surface area contributed by atoms with Crippen molar-refractivity contribution in [3.05, 3.63) is 34.9 Å². The summed E-state index contributed by atoms with van der Waals surface area (Å²) in [5.41, 5.74) is 0.992. The van der Waals surface area contributed by atoms with Crippen LogP contribution < -0.4 is 0 Å². The van der Waals surface area contributed by atoms with E-state index in [0.29, 0.717) is 32.1 Å². The highest BCUT2D eigenvalue weighted by Gasteiger charge is 2.48. The summed E-state index contributed by atoms with van der Waals surface area (Å²) in [6.07, 6.45) is 12.1.